The number of nitrogens with zero attached hydrogens (tertiary/aromatic N) is 5. The summed E-state index contributed by atoms with van der Waals surface area (Å²) in [5, 5.41) is 8.62. The molecule has 3 heterocycles. The maximum absolute atomic E-state index is 4.50. The van der Waals surface area contributed by atoms with Gasteiger partial charge in [0.2, 0.25) is 0 Å². The quantitative estimate of drug-likeness (QED) is 0.785. The SMILES string of the molecule is CCCNc1nc(C)nc2c1cnn2-c1ccc(Br)cn1. The number of fused-ring (bicyclic) bond motifs is 1. The van der Waals surface area contributed by atoms with Gasteiger partial charge in [-0.15, -0.1) is 0 Å². The topological polar surface area (TPSA) is 68.5 Å². The molecule has 0 radical (unpaired) electrons. The van der Waals surface area contributed by atoms with Crippen molar-refractivity contribution in [3.63, 3.8) is 0 Å². The van der Waals surface area contributed by atoms with Gasteiger partial charge in [0.1, 0.15) is 11.6 Å². The van der Waals surface area contributed by atoms with Crippen LogP contribution in [0.25, 0.3) is 16.9 Å². The Labute approximate surface area is 130 Å². The van der Waals surface area contributed by atoms with Gasteiger partial charge in [0.05, 0.1) is 11.6 Å². The van der Waals surface area contributed by atoms with Crippen LogP contribution in [0.3, 0.4) is 0 Å². The lowest BCUT2D eigenvalue weighted by molar-refractivity contribution is 0.856. The molecule has 0 bridgehead atoms. The van der Waals surface area contributed by atoms with Crippen LogP contribution in [0, 0.1) is 6.92 Å². The highest BCUT2D eigenvalue weighted by Crippen LogP contribution is 2.22. The highest BCUT2D eigenvalue weighted by Gasteiger charge is 2.13. The zero-order valence-corrected chi connectivity index (χ0v) is 13.4. The Kier molecular flexibility index (Phi) is 3.83. The van der Waals surface area contributed by atoms with Gasteiger partial charge in [0.25, 0.3) is 0 Å². The lowest BCUT2D eigenvalue weighted by Gasteiger charge is -2.07. The molecule has 1 N–H and O–H groups in total. The molecule has 0 unspecified atom stereocenters. The standard InChI is InChI=1S/C14H15BrN6/c1-3-6-16-13-11-8-18-21(14(11)20-9(2)19-13)12-5-4-10(15)7-17-12/h4-5,7-8H,3,6H2,1-2H3,(H,16,19,20). The fourth-order valence-electron chi connectivity index (χ4n) is 2.06. The first-order valence-corrected chi connectivity index (χ1v) is 7.56. The Balaban J connectivity index is 2.13. The van der Waals surface area contributed by atoms with Gasteiger partial charge in [-0.05, 0) is 41.4 Å². The van der Waals surface area contributed by atoms with E-state index in [1.807, 2.05) is 19.1 Å². The predicted molar refractivity (Wildman–Crippen MR) is 85.7 cm³/mol. The van der Waals surface area contributed by atoms with Gasteiger partial charge in [-0.2, -0.15) is 9.78 Å². The van der Waals surface area contributed by atoms with Crippen LogP contribution in [-0.2, 0) is 0 Å². The van der Waals surface area contributed by atoms with E-state index in [0.717, 1.165) is 40.1 Å². The van der Waals surface area contributed by atoms with Crippen molar-refractivity contribution in [3.8, 4) is 5.82 Å². The normalized spacial score (nSPS) is 11.0. The number of pyridine rings is 1. The van der Waals surface area contributed by atoms with Crippen LogP contribution >= 0.6 is 15.9 Å². The van der Waals surface area contributed by atoms with Crippen LogP contribution in [0.15, 0.2) is 29.0 Å². The van der Waals surface area contributed by atoms with Gasteiger partial charge in [0, 0.05) is 17.2 Å². The van der Waals surface area contributed by atoms with E-state index in [0.29, 0.717) is 5.82 Å². The molecule has 0 fully saturated rings. The minimum atomic E-state index is 0.708. The van der Waals surface area contributed by atoms with Gasteiger partial charge in [0.15, 0.2) is 11.5 Å². The number of aryl methyl sites for hydroxylation is 1. The molecule has 0 aromatic carbocycles. The van der Waals surface area contributed by atoms with Gasteiger partial charge < -0.3 is 5.32 Å². The van der Waals surface area contributed by atoms with Crippen LogP contribution in [0.5, 0.6) is 0 Å². The van der Waals surface area contributed by atoms with Crippen LogP contribution < -0.4 is 5.32 Å². The van der Waals surface area contributed by atoms with E-state index in [2.05, 4.69) is 48.2 Å². The average Bonchev–Trinajstić information content (AvgIpc) is 2.89. The Morgan fingerprint density at radius 1 is 1.24 bits per heavy atom. The fourth-order valence-corrected chi connectivity index (χ4v) is 2.29. The van der Waals surface area contributed by atoms with E-state index in [1.165, 1.54) is 0 Å². The smallest absolute Gasteiger partial charge is 0.170 e. The van der Waals surface area contributed by atoms with E-state index in [-0.39, 0.29) is 0 Å². The Hall–Kier alpha value is -2.02. The molecule has 0 saturated heterocycles. The van der Waals surface area contributed by atoms with Gasteiger partial charge in [-0.3, -0.25) is 0 Å². The van der Waals surface area contributed by atoms with Crippen LogP contribution in [-0.4, -0.2) is 31.3 Å². The Morgan fingerprint density at radius 3 is 2.81 bits per heavy atom. The molecule has 0 aliphatic heterocycles. The molecule has 0 aliphatic carbocycles. The fraction of sp³-hybridized carbons (Fsp3) is 0.286. The highest BCUT2D eigenvalue weighted by molar-refractivity contribution is 9.10. The van der Waals surface area contributed by atoms with E-state index < -0.39 is 0 Å². The molecule has 0 atom stereocenters. The number of halogens is 1. The van der Waals surface area contributed by atoms with E-state index in [9.17, 15) is 0 Å². The molecule has 7 heteroatoms. The summed E-state index contributed by atoms with van der Waals surface area (Å²) >= 11 is 3.38. The van der Waals surface area contributed by atoms with Crippen molar-refractivity contribution in [3.05, 3.63) is 34.8 Å². The number of hydrogen-bond acceptors (Lipinski definition) is 5. The number of aromatic nitrogens is 5. The lowest BCUT2D eigenvalue weighted by atomic mass is 10.3. The Morgan fingerprint density at radius 2 is 2.10 bits per heavy atom. The second kappa shape index (κ2) is 5.77. The first-order chi connectivity index (χ1) is 10.2. The number of nitrogens with one attached hydrogen (secondary N) is 1. The third-order valence-electron chi connectivity index (χ3n) is 3.01. The highest BCUT2D eigenvalue weighted by atomic mass is 79.9. The molecule has 0 aliphatic rings. The molecule has 3 rings (SSSR count). The zero-order valence-electron chi connectivity index (χ0n) is 11.8. The van der Waals surface area contributed by atoms with Crippen molar-refractivity contribution in [2.45, 2.75) is 20.3 Å². The minimum Gasteiger partial charge on any atom is -0.369 e. The second-order valence-corrected chi connectivity index (χ2v) is 5.59. The van der Waals surface area contributed by atoms with Crippen molar-refractivity contribution < 1.29 is 0 Å². The molecule has 0 amide bonds. The molecule has 108 valence electrons. The van der Waals surface area contributed by atoms with Gasteiger partial charge in [-0.1, -0.05) is 6.92 Å². The number of rotatable bonds is 4. The van der Waals surface area contributed by atoms with Crippen LogP contribution in [0.1, 0.15) is 19.2 Å². The van der Waals surface area contributed by atoms with Crippen molar-refractivity contribution in [2.75, 3.05) is 11.9 Å². The molecule has 6 nitrogen and oxygen atoms in total. The van der Waals surface area contributed by atoms with Gasteiger partial charge >= 0.3 is 0 Å². The van der Waals surface area contributed by atoms with Crippen molar-refractivity contribution >= 4 is 32.8 Å². The lowest BCUT2D eigenvalue weighted by Crippen LogP contribution is -2.06. The van der Waals surface area contributed by atoms with E-state index in [4.69, 9.17) is 0 Å². The molecule has 3 aromatic rings. The largest absolute Gasteiger partial charge is 0.369 e. The summed E-state index contributed by atoms with van der Waals surface area (Å²) in [6.07, 6.45) is 4.55. The predicted octanol–water partition coefficient (Wildman–Crippen LogP) is 3.10. The summed E-state index contributed by atoms with van der Waals surface area (Å²) in [6, 6.07) is 3.83. The molecular weight excluding hydrogens is 332 g/mol. The summed E-state index contributed by atoms with van der Waals surface area (Å²) in [5.74, 6) is 2.26. The van der Waals surface area contributed by atoms with E-state index >= 15 is 0 Å². The first-order valence-electron chi connectivity index (χ1n) is 6.77. The molecule has 0 saturated carbocycles. The summed E-state index contributed by atoms with van der Waals surface area (Å²) in [4.78, 5) is 13.3. The van der Waals surface area contributed by atoms with E-state index in [1.54, 1.807) is 17.1 Å². The van der Waals surface area contributed by atoms with Crippen molar-refractivity contribution in [1.29, 1.82) is 0 Å². The zero-order chi connectivity index (χ0) is 14.8. The maximum atomic E-state index is 4.50. The average molecular weight is 347 g/mol. The molecule has 0 spiro atoms. The summed E-state index contributed by atoms with van der Waals surface area (Å²) in [7, 11) is 0. The summed E-state index contributed by atoms with van der Waals surface area (Å²) in [6.45, 7) is 4.86. The Bertz CT molecular complexity index is 765. The van der Waals surface area contributed by atoms with Crippen molar-refractivity contribution in [2.24, 2.45) is 0 Å². The maximum Gasteiger partial charge on any atom is 0.170 e. The third kappa shape index (κ3) is 2.73. The summed E-state index contributed by atoms with van der Waals surface area (Å²) in [5.41, 5.74) is 0.760. The molecule has 21 heavy (non-hydrogen) atoms. The molecule has 3 aromatic heterocycles. The number of anilines is 1. The first kappa shape index (κ1) is 13.9. The second-order valence-electron chi connectivity index (χ2n) is 4.67. The van der Waals surface area contributed by atoms with Gasteiger partial charge in [-0.25, -0.2) is 15.0 Å². The summed E-state index contributed by atoms with van der Waals surface area (Å²) < 4.78 is 2.66. The monoisotopic (exact) mass is 346 g/mol. The van der Waals surface area contributed by atoms with Crippen molar-refractivity contribution in [1.82, 2.24) is 24.7 Å². The molecular formula is C14H15BrN6. The minimum absolute atomic E-state index is 0.708. The van der Waals surface area contributed by atoms with Crippen LogP contribution in [0.2, 0.25) is 0 Å². The third-order valence-corrected chi connectivity index (χ3v) is 3.48. The number of hydrogen-bond donors (Lipinski definition) is 1. The van der Waals surface area contributed by atoms with Crippen LogP contribution in [0.4, 0.5) is 5.82 Å².